The summed E-state index contributed by atoms with van der Waals surface area (Å²) in [5.74, 6) is 0. The van der Waals surface area contributed by atoms with Crippen molar-refractivity contribution in [3.8, 4) is 0 Å². The van der Waals surface area contributed by atoms with Crippen molar-refractivity contribution in [2.45, 2.75) is 10.9 Å². The van der Waals surface area contributed by atoms with Crippen molar-refractivity contribution < 1.29 is 0 Å². The third-order valence-electron chi connectivity index (χ3n) is 1.50. The highest BCUT2D eigenvalue weighted by molar-refractivity contribution is 8.23. The van der Waals surface area contributed by atoms with Gasteiger partial charge in [0.25, 0.3) is 0 Å². The van der Waals surface area contributed by atoms with Crippen LogP contribution < -0.4 is 5.32 Å². The van der Waals surface area contributed by atoms with Crippen LogP contribution in [0.2, 0.25) is 0 Å². The lowest BCUT2D eigenvalue weighted by Gasteiger charge is -2.10. The van der Waals surface area contributed by atoms with E-state index in [-0.39, 0.29) is 6.04 Å². The Hall–Kier alpha value is -0.450. The summed E-state index contributed by atoms with van der Waals surface area (Å²) >= 11 is 6.72. The number of hydrogen-bond donors (Lipinski definition) is 1. The van der Waals surface area contributed by atoms with Gasteiger partial charge < -0.3 is 5.32 Å². The van der Waals surface area contributed by atoms with Crippen LogP contribution in [0.1, 0.15) is 0 Å². The summed E-state index contributed by atoms with van der Waals surface area (Å²) in [5.41, 5.74) is 0. The molecule has 0 fully saturated rings. The molecule has 1 atom stereocenters. The highest BCUT2D eigenvalue weighted by Crippen LogP contribution is 2.19. The van der Waals surface area contributed by atoms with Gasteiger partial charge in [0.1, 0.15) is 0 Å². The van der Waals surface area contributed by atoms with Crippen molar-refractivity contribution in [2.75, 3.05) is 7.05 Å². The van der Waals surface area contributed by atoms with Gasteiger partial charge in [-0.25, -0.2) is 0 Å². The summed E-state index contributed by atoms with van der Waals surface area (Å²) < 4.78 is 0.841. The van der Waals surface area contributed by atoms with Crippen LogP contribution in [0.4, 0.5) is 0 Å². The summed E-state index contributed by atoms with van der Waals surface area (Å²) in [5, 5.41) is 3.00. The van der Waals surface area contributed by atoms with Gasteiger partial charge in [-0.1, -0.05) is 24.0 Å². The average Bonchev–Trinajstić information content (AvgIpc) is 2.18. The maximum Gasteiger partial charge on any atom is 0.0696 e. The molecule has 1 unspecified atom stereocenters. The Morgan fingerprint density at radius 2 is 2.23 bits per heavy atom. The summed E-state index contributed by atoms with van der Waals surface area (Å²) in [6, 6.07) is 3.87. The molecule has 1 aromatic rings. The molecule has 1 aromatic heterocycles. The van der Waals surface area contributed by atoms with Crippen LogP contribution >= 0.6 is 24.0 Å². The minimum absolute atomic E-state index is 0.00756. The largest absolute Gasteiger partial charge is 0.312 e. The number of thiocarbonyl (C=S) groups is 1. The third-order valence-corrected chi connectivity index (χ3v) is 3.03. The topological polar surface area (TPSA) is 24.9 Å². The van der Waals surface area contributed by atoms with E-state index in [0.717, 1.165) is 9.09 Å². The fraction of sp³-hybridized carbons (Fsp3) is 0.222. The van der Waals surface area contributed by atoms with Crippen LogP contribution in [0.15, 0.2) is 29.4 Å². The second kappa shape index (κ2) is 5.32. The van der Waals surface area contributed by atoms with Crippen molar-refractivity contribution in [3.05, 3.63) is 31.5 Å². The highest BCUT2D eigenvalue weighted by Gasteiger charge is 2.06. The van der Waals surface area contributed by atoms with E-state index in [4.69, 9.17) is 12.2 Å². The smallest absolute Gasteiger partial charge is 0.0696 e. The van der Waals surface area contributed by atoms with E-state index in [9.17, 15) is 0 Å². The fourth-order valence-corrected chi connectivity index (χ4v) is 1.87. The molecule has 0 saturated heterocycles. The minimum atomic E-state index is 0.00756. The van der Waals surface area contributed by atoms with Gasteiger partial charge in [-0.05, 0) is 26.1 Å². The standard InChI is InChI=1S/C9H11N2S2/c1-7(10-2)9(12)13-8-3-5-11-6-4-8/h3-7,10H,1H2,2H3. The summed E-state index contributed by atoms with van der Waals surface area (Å²) in [6.45, 7) is 3.86. The molecule has 0 aliphatic rings. The zero-order valence-corrected chi connectivity index (χ0v) is 8.99. The molecule has 0 bridgehead atoms. The monoisotopic (exact) mass is 211 g/mol. The Morgan fingerprint density at radius 3 is 2.77 bits per heavy atom. The van der Waals surface area contributed by atoms with Crippen molar-refractivity contribution in [2.24, 2.45) is 0 Å². The zero-order valence-electron chi connectivity index (χ0n) is 7.36. The Morgan fingerprint density at radius 1 is 1.62 bits per heavy atom. The van der Waals surface area contributed by atoms with E-state index in [1.165, 1.54) is 0 Å². The zero-order chi connectivity index (χ0) is 9.68. The molecule has 1 heterocycles. The molecule has 4 heteroatoms. The SMILES string of the molecule is [CH2]C(NC)C(=S)Sc1ccncc1. The summed E-state index contributed by atoms with van der Waals surface area (Å²) in [6.07, 6.45) is 3.50. The quantitative estimate of drug-likeness (QED) is 0.610. The Balaban J connectivity index is 2.55. The second-order valence-electron chi connectivity index (χ2n) is 2.45. The fourth-order valence-electron chi connectivity index (χ4n) is 0.711. The normalized spacial score (nSPS) is 12.5. The van der Waals surface area contributed by atoms with E-state index < -0.39 is 0 Å². The maximum atomic E-state index is 5.18. The molecule has 1 radical (unpaired) electrons. The number of thioether (sulfide) groups is 1. The lowest BCUT2D eigenvalue weighted by atomic mass is 10.4. The van der Waals surface area contributed by atoms with Crippen LogP contribution in [0.3, 0.4) is 0 Å². The van der Waals surface area contributed by atoms with Gasteiger partial charge in [0.15, 0.2) is 0 Å². The van der Waals surface area contributed by atoms with E-state index in [1.807, 2.05) is 19.2 Å². The number of hydrogen-bond acceptors (Lipinski definition) is 4. The molecule has 2 nitrogen and oxygen atoms in total. The number of nitrogens with one attached hydrogen (secondary N) is 1. The Kier molecular flexibility index (Phi) is 4.35. The summed E-state index contributed by atoms with van der Waals surface area (Å²) in [4.78, 5) is 5.03. The molecule has 1 rings (SSSR count). The first-order chi connectivity index (χ1) is 6.24. The lowest BCUT2D eigenvalue weighted by Crippen LogP contribution is -2.27. The Labute approximate surface area is 88.1 Å². The number of aromatic nitrogens is 1. The average molecular weight is 211 g/mol. The van der Waals surface area contributed by atoms with Gasteiger partial charge in [-0.15, -0.1) is 0 Å². The predicted molar refractivity (Wildman–Crippen MR) is 60.9 cm³/mol. The highest BCUT2D eigenvalue weighted by atomic mass is 32.2. The maximum absolute atomic E-state index is 5.18. The van der Waals surface area contributed by atoms with Gasteiger partial charge >= 0.3 is 0 Å². The van der Waals surface area contributed by atoms with E-state index in [2.05, 4.69) is 17.2 Å². The van der Waals surface area contributed by atoms with E-state index in [1.54, 1.807) is 24.2 Å². The molecular formula is C9H11N2S2. The van der Waals surface area contributed by atoms with Gasteiger partial charge in [0.05, 0.1) is 4.20 Å². The molecule has 1 N–H and O–H groups in total. The molecular weight excluding hydrogens is 200 g/mol. The first-order valence-corrected chi connectivity index (χ1v) is 5.08. The lowest BCUT2D eigenvalue weighted by molar-refractivity contribution is 0.836. The number of rotatable bonds is 3. The van der Waals surface area contributed by atoms with Gasteiger partial charge in [-0.3, -0.25) is 4.98 Å². The molecule has 0 amide bonds. The van der Waals surface area contributed by atoms with Crippen LogP contribution in [0, 0.1) is 6.92 Å². The van der Waals surface area contributed by atoms with Crippen molar-refractivity contribution in [1.82, 2.24) is 10.3 Å². The molecule has 13 heavy (non-hydrogen) atoms. The van der Waals surface area contributed by atoms with Crippen LogP contribution in [0.5, 0.6) is 0 Å². The Bertz CT molecular complexity index is 274. The molecule has 0 aromatic carbocycles. The number of nitrogens with zero attached hydrogens (tertiary/aromatic N) is 1. The molecule has 0 spiro atoms. The van der Waals surface area contributed by atoms with Gasteiger partial charge in [0, 0.05) is 23.3 Å². The molecule has 0 saturated carbocycles. The van der Waals surface area contributed by atoms with Crippen LogP contribution in [-0.2, 0) is 0 Å². The van der Waals surface area contributed by atoms with Crippen molar-refractivity contribution in [1.29, 1.82) is 0 Å². The van der Waals surface area contributed by atoms with Gasteiger partial charge in [0.2, 0.25) is 0 Å². The van der Waals surface area contributed by atoms with E-state index in [0.29, 0.717) is 0 Å². The molecule has 0 aliphatic carbocycles. The first kappa shape index (κ1) is 10.6. The van der Waals surface area contributed by atoms with Crippen LogP contribution in [0.25, 0.3) is 0 Å². The second-order valence-corrected chi connectivity index (χ2v) is 4.26. The minimum Gasteiger partial charge on any atom is -0.312 e. The number of pyridine rings is 1. The summed E-state index contributed by atoms with van der Waals surface area (Å²) in [7, 11) is 1.84. The molecule has 0 aliphatic heterocycles. The van der Waals surface area contributed by atoms with Crippen molar-refractivity contribution in [3.63, 3.8) is 0 Å². The molecule has 69 valence electrons. The van der Waals surface area contributed by atoms with Gasteiger partial charge in [-0.2, -0.15) is 0 Å². The third kappa shape index (κ3) is 3.42. The predicted octanol–water partition coefficient (Wildman–Crippen LogP) is 1.92. The van der Waals surface area contributed by atoms with E-state index >= 15 is 0 Å². The van der Waals surface area contributed by atoms with Crippen molar-refractivity contribution >= 4 is 28.2 Å². The first-order valence-electron chi connectivity index (χ1n) is 3.86. The van der Waals surface area contributed by atoms with Crippen LogP contribution in [-0.4, -0.2) is 22.3 Å².